The van der Waals surface area contributed by atoms with Gasteiger partial charge in [0.1, 0.15) is 6.07 Å². The molecule has 0 bridgehead atoms. The summed E-state index contributed by atoms with van der Waals surface area (Å²) in [4.78, 5) is 10.7. The van der Waals surface area contributed by atoms with E-state index in [1.165, 1.54) is 6.07 Å². The quantitative estimate of drug-likeness (QED) is 0.812. The van der Waals surface area contributed by atoms with Gasteiger partial charge in [-0.25, -0.2) is 0 Å². The summed E-state index contributed by atoms with van der Waals surface area (Å²) in [5.74, 6) is -1.41. The molecule has 0 saturated heterocycles. The summed E-state index contributed by atoms with van der Waals surface area (Å²) in [5, 5.41) is 10.8. The smallest absolute Gasteiger partial charge is 0.315 e. The van der Waals surface area contributed by atoms with Gasteiger partial charge in [-0.1, -0.05) is 12.1 Å². The van der Waals surface area contributed by atoms with Crippen LogP contribution in [0.5, 0.6) is 0 Å². The normalized spacial score (nSPS) is 9.80. The molecule has 5 heteroatoms. The Labute approximate surface area is 85.3 Å². The molecule has 1 amide bonds. The van der Waals surface area contributed by atoms with Crippen LogP contribution in [0.25, 0.3) is 0 Å². The predicted octanol–water partition coefficient (Wildman–Crippen LogP) is 2.07. The van der Waals surface area contributed by atoms with Gasteiger partial charge in [0.2, 0.25) is 0 Å². The van der Waals surface area contributed by atoms with Crippen LogP contribution >= 0.6 is 0 Å². The highest BCUT2D eigenvalue weighted by Gasteiger charge is 2.16. The molecule has 0 unspecified atom stereocenters. The maximum Gasteiger partial charge on any atom is 0.315 e. The summed E-state index contributed by atoms with van der Waals surface area (Å²) in [5.41, 5.74) is 0.943. The van der Waals surface area contributed by atoms with Crippen molar-refractivity contribution in [3.05, 3.63) is 29.3 Å². The number of alkyl halides is 2. The van der Waals surface area contributed by atoms with E-state index in [1.54, 1.807) is 19.1 Å². The van der Waals surface area contributed by atoms with Crippen molar-refractivity contribution >= 4 is 11.6 Å². The molecule has 0 fully saturated rings. The van der Waals surface area contributed by atoms with E-state index in [0.29, 0.717) is 5.56 Å². The van der Waals surface area contributed by atoms with Gasteiger partial charge in [0.05, 0.1) is 11.3 Å². The maximum absolute atomic E-state index is 12.0. The molecule has 15 heavy (non-hydrogen) atoms. The third-order valence-electron chi connectivity index (χ3n) is 1.84. The van der Waals surface area contributed by atoms with Crippen LogP contribution in [-0.4, -0.2) is 12.3 Å². The highest BCUT2D eigenvalue weighted by Crippen LogP contribution is 2.18. The van der Waals surface area contributed by atoms with Crippen LogP contribution in [0.4, 0.5) is 14.5 Å². The minimum absolute atomic E-state index is 0.114. The maximum atomic E-state index is 12.0. The van der Waals surface area contributed by atoms with Gasteiger partial charge >= 0.3 is 6.43 Å². The highest BCUT2D eigenvalue weighted by molar-refractivity contribution is 5.94. The number of benzene rings is 1. The van der Waals surface area contributed by atoms with E-state index < -0.39 is 12.3 Å². The van der Waals surface area contributed by atoms with Crippen molar-refractivity contribution in [3.63, 3.8) is 0 Å². The molecule has 0 heterocycles. The molecule has 1 aromatic rings. The zero-order valence-electron chi connectivity index (χ0n) is 7.92. The number of nitrogens with one attached hydrogen (secondary N) is 1. The number of carbonyl (C=O) groups is 1. The summed E-state index contributed by atoms with van der Waals surface area (Å²) in [6.07, 6.45) is -3.09. The number of nitriles is 1. The molecule has 0 radical (unpaired) electrons. The Morgan fingerprint density at radius 3 is 2.73 bits per heavy atom. The second kappa shape index (κ2) is 4.51. The van der Waals surface area contributed by atoms with E-state index in [9.17, 15) is 13.6 Å². The lowest BCUT2D eigenvalue weighted by atomic mass is 10.1. The summed E-state index contributed by atoms with van der Waals surface area (Å²) in [6.45, 7) is 1.66. The van der Waals surface area contributed by atoms with Crippen molar-refractivity contribution in [1.82, 2.24) is 0 Å². The first-order chi connectivity index (χ1) is 7.06. The molecule has 0 aliphatic rings. The fraction of sp³-hybridized carbons (Fsp3) is 0.200. The number of carbonyl (C=O) groups excluding carboxylic acids is 1. The molecule has 0 spiro atoms. The molecule has 3 nitrogen and oxygen atoms in total. The fourth-order valence-electron chi connectivity index (χ4n) is 1.11. The monoisotopic (exact) mass is 210 g/mol. The van der Waals surface area contributed by atoms with E-state index in [-0.39, 0.29) is 11.3 Å². The Morgan fingerprint density at radius 2 is 2.20 bits per heavy atom. The summed E-state index contributed by atoms with van der Waals surface area (Å²) in [6, 6.07) is 6.50. The molecule has 78 valence electrons. The number of halogens is 2. The number of rotatable bonds is 2. The summed E-state index contributed by atoms with van der Waals surface area (Å²) < 4.78 is 23.9. The topological polar surface area (TPSA) is 52.9 Å². The molecule has 1 rings (SSSR count). The first kappa shape index (κ1) is 11.1. The third kappa shape index (κ3) is 2.50. The predicted molar refractivity (Wildman–Crippen MR) is 50.5 cm³/mol. The summed E-state index contributed by atoms with van der Waals surface area (Å²) >= 11 is 0. The fourth-order valence-corrected chi connectivity index (χ4v) is 1.11. The van der Waals surface area contributed by atoms with Gasteiger partial charge in [0, 0.05) is 0 Å². The van der Waals surface area contributed by atoms with Crippen molar-refractivity contribution in [1.29, 1.82) is 5.26 Å². The molecule has 0 atom stereocenters. The Balaban J connectivity index is 3.01. The first-order valence-corrected chi connectivity index (χ1v) is 4.15. The number of amides is 1. The van der Waals surface area contributed by atoms with Crippen LogP contribution < -0.4 is 5.32 Å². The number of hydrogen-bond donors (Lipinski definition) is 1. The average molecular weight is 210 g/mol. The molecule has 0 aliphatic heterocycles. The molecule has 1 N–H and O–H groups in total. The van der Waals surface area contributed by atoms with Crippen LogP contribution in [-0.2, 0) is 4.79 Å². The van der Waals surface area contributed by atoms with Gasteiger partial charge in [0.15, 0.2) is 0 Å². The molecular weight excluding hydrogens is 202 g/mol. The highest BCUT2D eigenvalue weighted by atomic mass is 19.3. The van der Waals surface area contributed by atoms with Crippen LogP contribution in [0.3, 0.4) is 0 Å². The van der Waals surface area contributed by atoms with Gasteiger partial charge in [-0.3, -0.25) is 4.79 Å². The van der Waals surface area contributed by atoms with E-state index in [0.717, 1.165) is 0 Å². The lowest BCUT2D eigenvalue weighted by Gasteiger charge is -2.07. The van der Waals surface area contributed by atoms with E-state index in [4.69, 9.17) is 5.26 Å². The van der Waals surface area contributed by atoms with E-state index >= 15 is 0 Å². The molecule has 1 aromatic carbocycles. The average Bonchev–Trinajstić information content (AvgIpc) is 2.18. The molecule has 0 aromatic heterocycles. The largest absolute Gasteiger partial charge is 0.320 e. The SMILES string of the molecule is Cc1cccc(NC(=O)C(F)F)c1C#N. The first-order valence-electron chi connectivity index (χ1n) is 4.15. The lowest BCUT2D eigenvalue weighted by molar-refractivity contribution is -0.126. The molecular formula is C10H8F2N2O. The Hall–Kier alpha value is -1.96. The van der Waals surface area contributed by atoms with Gasteiger partial charge in [-0.2, -0.15) is 14.0 Å². The number of aryl methyl sites for hydroxylation is 1. The zero-order valence-corrected chi connectivity index (χ0v) is 7.92. The Bertz CT molecular complexity index is 424. The van der Waals surface area contributed by atoms with Crippen molar-refractivity contribution < 1.29 is 13.6 Å². The minimum Gasteiger partial charge on any atom is -0.320 e. The van der Waals surface area contributed by atoms with Crippen LogP contribution in [0.15, 0.2) is 18.2 Å². The standard InChI is InChI=1S/C10H8F2N2O/c1-6-3-2-4-8(7(6)5-13)14-10(15)9(11)12/h2-4,9H,1H3,(H,14,15). The van der Waals surface area contributed by atoms with Crippen molar-refractivity contribution in [2.24, 2.45) is 0 Å². The lowest BCUT2D eigenvalue weighted by Crippen LogP contribution is -2.20. The van der Waals surface area contributed by atoms with Crippen LogP contribution in [0.1, 0.15) is 11.1 Å². The second-order valence-corrected chi connectivity index (χ2v) is 2.90. The molecule has 0 aliphatic carbocycles. The third-order valence-corrected chi connectivity index (χ3v) is 1.84. The Morgan fingerprint density at radius 1 is 1.53 bits per heavy atom. The van der Waals surface area contributed by atoms with Crippen molar-refractivity contribution in [2.45, 2.75) is 13.3 Å². The van der Waals surface area contributed by atoms with Crippen LogP contribution in [0.2, 0.25) is 0 Å². The minimum atomic E-state index is -3.09. The number of hydrogen-bond acceptors (Lipinski definition) is 2. The van der Waals surface area contributed by atoms with Gasteiger partial charge in [-0.15, -0.1) is 0 Å². The van der Waals surface area contributed by atoms with Crippen molar-refractivity contribution in [3.8, 4) is 6.07 Å². The molecule has 0 saturated carbocycles. The summed E-state index contributed by atoms with van der Waals surface area (Å²) in [7, 11) is 0. The zero-order chi connectivity index (χ0) is 11.4. The van der Waals surface area contributed by atoms with Gasteiger partial charge in [-0.05, 0) is 18.6 Å². The second-order valence-electron chi connectivity index (χ2n) is 2.90. The number of nitrogens with zero attached hydrogens (tertiary/aromatic N) is 1. The van der Waals surface area contributed by atoms with E-state index in [2.05, 4.69) is 0 Å². The van der Waals surface area contributed by atoms with Crippen molar-refractivity contribution in [2.75, 3.05) is 5.32 Å². The Kier molecular flexibility index (Phi) is 3.34. The van der Waals surface area contributed by atoms with Crippen LogP contribution in [0, 0.1) is 18.3 Å². The van der Waals surface area contributed by atoms with E-state index in [1.807, 2.05) is 11.4 Å². The van der Waals surface area contributed by atoms with Gasteiger partial charge < -0.3 is 5.32 Å². The number of anilines is 1. The van der Waals surface area contributed by atoms with Gasteiger partial charge in [0.25, 0.3) is 5.91 Å².